The van der Waals surface area contributed by atoms with Crippen LogP contribution in [0.3, 0.4) is 0 Å². The summed E-state index contributed by atoms with van der Waals surface area (Å²) < 4.78 is 0. The van der Waals surface area contributed by atoms with Crippen LogP contribution >= 0.6 is 11.6 Å². The molecule has 2 N–H and O–H groups in total. The molecule has 2 aliphatic rings. The number of hydrogen-bond acceptors (Lipinski definition) is 3. The molecule has 1 heterocycles. The molecule has 1 fully saturated rings. The van der Waals surface area contributed by atoms with Crippen LogP contribution in [0.2, 0.25) is 0 Å². The molecular formula is C23H28ClNO2. The second-order valence-corrected chi connectivity index (χ2v) is 8.09. The number of nitrogens with zero attached hydrogens (tertiary/aromatic N) is 1. The van der Waals surface area contributed by atoms with Gasteiger partial charge in [-0.25, -0.2) is 0 Å². The molecule has 1 aromatic rings. The molecule has 1 aliphatic carbocycles. The number of phenolic OH excluding ortho intramolecular Hbond substituents is 1. The number of likely N-dealkylation sites (tertiary alicyclic amines) is 1. The number of aromatic hydroxyl groups is 1. The van der Waals surface area contributed by atoms with Gasteiger partial charge in [0.1, 0.15) is 5.75 Å². The van der Waals surface area contributed by atoms with Crippen molar-refractivity contribution in [1.82, 2.24) is 4.90 Å². The fourth-order valence-electron chi connectivity index (χ4n) is 3.92. The molecule has 0 aromatic heterocycles. The highest BCUT2D eigenvalue weighted by molar-refractivity contribution is 6.30. The van der Waals surface area contributed by atoms with Gasteiger partial charge in [-0.05, 0) is 68.3 Å². The van der Waals surface area contributed by atoms with Gasteiger partial charge < -0.3 is 15.1 Å². The molecule has 144 valence electrons. The van der Waals surface area contributed by atoms with Gasteiger partial charge in [-0.2, -0.15) is 0 Å². The number of aliphatic hydroxyl groups excluding tert-OH is 1. The molecule has 0 bridgehead atoms. The number of benzene rings is 1. The van der Waals surface area contributed by atoms with Crippen molar-refractivity contribution in [2.45, 2.75) is 31.8 Å². The maximum atomic E-state index is 10.5. The lowest BCUT2D eigenvalue weighted by atomic mass is 9.84. The first-order chi connectivity index (χ1) is 12.9. The Hall–Kier alpha value is -1.81. The summed E-state index contributed by atoms with van der Waals surface area (Å²) in [6, 6.07) is 3.78. The average molecular weight is 386 g/mol. The number of aliphatic hydroxyl groups is 1. The van der Waals surface area contributed by atoms with Gasteiger partial charge >= 0.3 is 0 Å². The number of piperidine rings is 1. The van der Waals surface area contributed by atoms with Crippen molar-refractivity contribution in [2.24, 2.45) is 5.92 Å². The minimum absolute atomic E-state index is 0.0572. The summed E-state index contributed by atoms with van der Waals surface area (Å²) in [5, 5.41) is 21.8. The maximum absolute atomic E-state index is 10.5. The highest BCUT2D eigenvalue weighted by Crippen LogP contribution is 2.37. The second-order valence-electron chi connectivity index (χ2n) is 7.66. The van der Waals surface area contributed by atoms with Gasteiger partial charge in [-0.15, -0.1) is 0 Å². The lowest BCUT2D eigenvalue weighted by Gasteiger charge is -2.34. The summed E-state index contributed by atoms with van der Waals surface area (Å²) in [5.41, 5.74) is 3.66. The monoisotopic (exact) mass is 385 g/mol. The standard InChI is InChI=1S/C23H28ClNO2/c1-15(8-9-17-6-4-5-7-21(17)24)19-13-20(22(26)12-16(19)2)18-10-11-25(3)14-23(18)27/h4-5,7-9,12-13,17-18,23,26-27H,1,6,10-11,14H2,2-3H3/t17?,18-,23-/m0/s1. The minimum Gasteiger partial charge on any atom is -0.508 e. The first-order valence-electron chi connectivity index (χ1n) is 9.46. The van der Waals surface area contributed by atoms with Crippen LogP contribution in [0.1, 0.15) is 35.4 Å². The lowest BCUT2D eigenvalue weighted by Crippen LogP contribution is -2.40. The second kappa shape index (κ2) is 8.47. The summed E-state index contributed by atoms with van der Waals surface area (Å²) in [4.78, 5) is 2.12. The molecule has 0 spiro atoms. The number of β-amino-alcohol motifs (C(OH)–C–C–N with tert-alkyl or cyclic N) is 1. The predicted octanol–water partition coefficient (Wildman–Crippen LogP) is 4.75. The van der Waals surface area contributed by atoms with Crippen molar-refractivity contribution in [3.8, 4) is 5.75 Å². The van der Waals surface area contributed by atoms with E-state index in [4.69, 9.17) is 11.6 Å². The van der Waals surface area contributed by atoms with E-state index in [-0.39, 0.29) is 17.6 Å². The molecule has 4 heteroatoms. The van der Waals surface area contributed by atoms with Crippen LogP contribution in [0.25, 0.3) is 5.57 Å². The maximum Gasteiger partial charge on any atom is 0.119 e. The van der Waals surface area contributed by atoms with Gasteiger partial charge in [-0.3, -0.25) is 0 Å². The zero-order chi connectivity index (χ0) is 19.6. The van der Waals surface area contributed by atoms with E-state index in [1.54, 1.807) is 6.07 Å². The van der Waals surface area contributed by atoms with Crippen molar-refractivity contribution in [3.63, 3.8) is 0 Å². The van der Waals surface area contributed by atoms with E-state index in [0.717, 1.165) is 46.7 Å². The van der Waals surface area contributed by atoms with Crippen LogP contribution in [0.4, 0.5) is 0 Å². The normalized spacial score (nSPS) is 26.4. The van der Waals surface area contributed by atoms with Crippen molar-refractivity contribution in [2.75, 3.05) is 20.1 Å². The van der Waals surface area contributed by atoms with Gasteiger partial charge in [0.05, 0.1) is 6.10 Å². The van der Waals surface area contributed by atoms with Crippen molar-refractivity contribution in [1.29, 1.82) is 0 Å². The molecular weight excluding hydrogens is 358 g/mol. The fourth-order valence-corrected chi connectivity index (χ4v) is 4.15. The van der Waals surface area contributed by atoms with Crippen LogP contribution < -0.4 is 0 Å². The molecule has 0 amide bonds. The summed E-state index contributed by atoms with van der Waals surface area (Å²) >= 11 is 6.28. The molecule has 3 atom stereocenters. The smallest absolute Gasteiger partial charge is 0.119 e. The van der Waals surface area contributed by atoms with Gasteiger partial charge in [-0.1, -0.05) is 42.5 Å². The number of halogens is 1. The van der Waals surface area contributed by atoms with E-state index in [9.17, 15) is 10.2 Å². The molecule has 1 saturated heterocycles. The average Bonchev–Trinajstić information content (AvgIpc) is 2.62. The third kappa shape index (κ3) is 4.55. The predicted molar refractivity (Wildman–Crippen MR) is 113 cm³/mol. The number of phenols is 1. The van der Waals surface area contributed by atoms with E-state index < -0.39 is 6.10 Å². The van der Waals surface area contributed by atoms with E-state index in [1.807, 2.05) is 38.3 Å². The van der Waals surface area contributed by atoms with Crippen LogP contribution in [-0.4, -0.2) is 41.4 Å². The van der Waals surface area contributed by atoms with Crippen LogP contribution in [0.15, 0.2) is 54.1 Å². The molecule has 1 aliphatic heterocycles. The number of aryl methyl sites for hydroxylation is 1. The largest absolute Gasteiger partial charge is 0.508 e. The Labute approximate surface area is 167 Å². The van der Waals surface area contributed by atoms with Crippen molar-refractivity contribution < 1.29 is 10.2 Å². The summed E-state index contributed by atoms with van der Waals surface area (Å²) in [6.07, 6.45) is 11.3. The molecule has 0 radical (unpaired) electrons. The molecule has 3 nitrogen and oxygen atoms in total. The van der Waals surface area contributed by atoms with E-state index in [1.165, 1.54) is 0 Å². The van der Waals surface area contributed by atoms with Crippen LogP contribution in [0.5, 0.6) is 5.75 Å². The number of likely N-dealkylation sites (N-methyl/N-ethyl adjacent to an activating group) is 1. The summed E-state index contributed by atoms with van der Waals surface area (Å²) in [5.74, 6) is 0.379. The van der Waals surface area contributed by atoms with E-state index in [0.29, 0.717) is 6.54 Å². The highest BCUT2D eigenvalue weighted by Gasteiger charge is 2.29. The van der Waals surface area contributed by atoms with Gasteiger partial charge in [0.15, 0.2) is 0 Å². The Morgan fingerprint density at radius 3 is 2.85 bits per heavy atom. The molecule has 0 saturated carbocycles. The SMILES string of the molecule is C=C(C=CC1CC=CC=C1Cl)c1cc([C@@H]2CCN(C)C[C@@H]2O)c(O)cc1C. The Morgan fingerprint density at radius 1 is 1.37 bits per heavy atom. The first kappa shape index (κ1) is 19.9. The number of hydrogen-bond donors (Lipinski definition) is 2. The Bertz CT molecular complexity index is 809. The van der Waals surface area contributed by atoms with Crippen molar-refractivity contribution >= 4 is 17.2 Å². The van der Waals surface area contributed by atoms with Gasteiger partial charge in [0.2, 0.25) is 0 Å². The van der Waals surface area contributed by atoms with Gasteiger partial charge in [0, 0.05) is 29.0 Å². The number of allylic oxidation sites excluding steroid dienone is 7. The van der Waals surface area contributed by atoms with Crippen LogP contribution in [0, 0.1) is 12.8 Å². The first-order valence-corrected chi connectivity index (χ1v) is 9.84. The Morgan fingerprint density at radius 2 is 2.15 bits per heavy atom. The highest BCUT2D eigenvalue weighted by atomic mass is 35.5. The number of rotatable bonds is 4. The third-order valence-electron chi connectivity index (χ3n) is 5.57. The van der Waals surface area contributed by atoms with Crippen LogP contribution in [-0.2, 0) is 0 Å². The molecule has 3 rings (SSSR count). The fraction of sp³-hybridized carbons (Fsp3) is 0.391. The summed E-state index contributed by atoms with van der Waals surface area (Å²) in [6.45, 7) is 7.72. The Balaban J connectivity index is 1.84. The molecule has 27 heavy (non-hydrogen) atoms. The molecule has 1 aromatic carbocycles. The topological polar surface area (TPSA) is 43.7 Å². The Kier molecular flexibility index (Phi) is 6.25. The zero-order valence-electron chi connectivity index (χ0n) is 16.0. The summed E-state index contributed by atoms with van der Waals surface area (Å²) in [7, 11) is 2.01. The van der Waals surface area contributed by atoms with Crippen molar-refractivity contribution in [3.05, 3.63) is 70.8 Å². The quantitative estimate of drug-likeness (QED) is 0.735. The molecule has 1 unspecified atom stereocenters. The zero-order valence-corrected chi connectivity index (χ0v) is 16.8. The third-order valence-corrected chi connectivity index (χ3v) is 5.98. The lowest BCUT2D eigenvalue weighted by molar-refractivity contribution is 0.0629. The van der Waals surface area contributed by atoms with E-state index in [2.05, 4.69) is 23.6 Å². The minimum atomic E-state index is -0.480. The van der Waals surface area contributed by atoms with Gasteiger partial charge in [0.25, 0.3) is 0 Å². The van der Waals surface area contributed by atoms with E-state index >= 15 is 0 Å².